The first-order chi connectivity index (χ1) is 19.7. The Bertz CT molecular complexity index is 1360. The second-order valence-corrected chi connectivity index (χ2v) is 12.4. The lowest BCUT2D eigenvalue weighted by molar-refractivity contribution is -0.147. The van der Waals surface area contributed by atoms with Gasteiger partial charge in [0.1, 0.15) is 17.7 Å². The predicted molar refractivity (Wildman–Crippen MR) is 168 cm³/mol. The molecule has 0 radical (unpaired) electrons. The van der Waals surface area contributed by atoms with Crippen LogP contribution in [0.15, 0.2) is 78.9 Å². The largest absolute Gasteiger partial charge is 0.444 e. The molecule has 3 aromatic carbocycles. The number of carbonyl (C=O) groups excluding carboxylic acids is 3. The Kier molecular flexibility index (Phi) is 10.6. The van der Waals surface area contributed by atoms with Crippen LogP contribution in [0.3, 0.4) is 0 Å². The van der Waals surface area contributed by atoms with E-state index in [2.05, 4.69) is 10.6 Å². The summed E-state index contributed by atoms with van der Waals surface area (Å²) in [4.78, 5) is 43.6. The van der Waals surface area contributed by atoms with Gasteiger partial charge in [-0.05, 0) is 77.6 Å². The third kappa shape index (κ3) is 8.68. The average Bonchev–Trinajstić information content (AvgIpc) is 2.92. The van der Waals surface area contributed by atoms with Crippen molar-refractivity contribution in [1.82, 2.24) is 10.2 Å². The SMILES string of the molecule is CCC(C)(C)N(C(=O)C(Cc1ccccc1)NC(=O)OC(C)(C)C)C(C(=O)Nc1ccccc1C)c1ccc(C)cc1. The van der Waals surface area contributed by atoms with E-state index in [9.17, 15) is 14.4 Å². The topological polar surface area (TPSA) is 87.7 Å². The number of hydrogen-bond donors (Lipinski definition) is 2. The Morgan fingerprint density at radius 2 is 1.43 bits per heavy atom. The Morgan fingerprint density at radius 3 is 2.00 bits per heavy atom. The van der Waals surface area contributed by atoms with Crippen LogP contribution in [0.1, 0.15) is 76.3 Å². The molecule has 2 atom stereocenters. The van der Waals surface area contributed by atoms with Gasteiger partial charge in [0.05, 0.1) is 0 Å². The molecule has 3 rings (SSSR count). The molecule has 0 aromatic heterocycles. The molecule has 42 heavy (non-hydrogen) atoms. The van der Waals surface area contributed by atoms with Crippen LogP contribution in [0, 0.1) is 13.8 Å². The number of aryl methyl sites for hydroxylation is 2. The van der Waals surface area contributed by atoms with Crippen molar-refractivity contribution in [2.45, 2.75) is 91.5 Å². The molecule has 0 bridgehead atoms. The lowest BCUT2D eigenvalue weighted by Gasteiger charge is -2.44. The highest BCUT2D eigenvalue weighted by Crippen LogP contribution is 2.34. The summed E-state index contributed by atoms with van der Waals surface area (Å²) in [6.45, 7) is 15.1. The Morgan fingerprint density at radius 1 is 0.833 bits per heavy atom. The highest BCUT2D eigenvalue weighted by Gasteiger charge is 2.43. The molecule has 0 aliphatic rings. The maximum absolute atomic E-state index is 14.7. The summed E-state index contributed by atoms with van der Waals surface area (Å²) < 4.78 is 5.55. The molecule has 2 unspecified atom stereocenters. The number of rotatable bonds is 10. The highest BCUT2D eigenvalue weighted by molar-refractivity contribution is 5.99. The molecule has 0 saturated carbocycles. The zero-order chi connectivity index (χ0) is 31.1. The number of anilines is 1. The van der Waals surface area contributed by atoms with Crippen molar-refractivity contribution in [2.24, 2.45) is 0 Å². The van der Waals surface area contributed by atoms with Crippen molar-refractivity contribution >= 4 is 23.6 Å². The van der Waals surface area contributed by atoms with Gasteiger partial charge in [0, 0.05) is 17.6 Å². The van der Waals surface area contributed by atoms with Crippen molar-refractivity contribution in [3.05, 3.63) is 101 Å². The van der Waals surface area contributed by atoms with E-state index >= 15 is 0 Å². The third-order valence-corrected chi connectivity index (χ3v) is 7.33. The number of benzene rings is 3. The first-order valence-electron chi connectivity index (χ1n) is 14.5. The van der Waals surface area contributed by atoms with Crippen molar-refractivity contribution in [2.75, 3.05) is 5.32 Å². The first kappa shape index (κ1) is 32.4. The fourth-order valence-electron chi connectivity index (χ4n) is 4.69. The molecule has 3 aromatic rings. The lowest BCUT2D eigenvalue weighted by Crippen LogP contribution is -2.59. The van der Waals surface area contributed by atoms with Gasteiger partial charge in [0.2, 0.25) is 5.91 Å². The zero-order valence-electron chi connectivity index (χ0n) is 26.2. The summed E-state index contributed by atoms with van der Waals surface area (Å²) in [5.41, 5.74) is 2.68. The fraction of sp³-hybridized carbons (Fsp3) is 0.400. The summed E-state index contributed by atoms with van der Waals surface area (Å²) >= 11 is 0. The third-order valence-electron chi connectivity index (χ3n) is 7.33. The van der Waals surface area contributed by atoms with E-state index in [0.29, 0.717) is 17.7 Å². The maximum Gasteiger partial charge on any atom is 0.408 e. The van der Waals surface area contributed by atoms with Gasteiger partial charge in [0.15, 0.2) is 0 Å². The van der Waals surface area contributed by atoms with Gasteiger partial charge in [-0.1, -0.05) is 85.3 Å². The molecule has 0 aliphatic heterocycles. The molecule has 224 valence electrons. The van der Waals surface area contributed by atoms with E-state index in [4.69, 9.17) is 4.74 Å². The van der Waals surface area contributed by atoms with E-state index in [0.717, 1.165) is 16.7 Å². The van der Waals surface area contributed by atoms with Crippen molar-refractivity contribution < 1.29 is 19.1 Å². The van der Waals surface area contributed by atoms with Gasteiger partial charge >= 0.3 is 6.09 Å². The second-order valence-electron chi connectivity index (χ2n) is 12.4. The molecule has 7 nitrogen and oxygen atoms in total. The molecule has 7 heteroatoms. The normalized spacial score (nSPS) is 13.0. The van der Waals surface area contributed by atoms with Crippen LogP contribution in [0.2, 0.25) is 0 Å². The molecule has 2 N–H and O–H groups in total. The van der Waals surface area contributed by atoms with Crippen LogP contribution in [0.25, 0.3) is 0 Å². The van der Waals surface area contributed by atoms with E-state index in [-0.39, 0.29) is 18.2 Å². The number of para-hydroxylation sites is 1. The first-order valence-corrected chi connectivity index (χ1v) is 14.5. The number of hydrogen-bond acceptors (Lipinski definition) is 4. The van der Waals surface area contributed by atoms with Crippen LogP contribution >= 0.6 is 0 Å². The van der Waals surface area contributed by atoms with Gasteiger partial charge in [-0.3, -0.25) is 9.59 Å². The molecule has 0 saturated heterocycles. The Balaban J connectivity index is 2.13. The summed E-state index contributed by atoms with van der Waals surface area (Å²) in [6, 6.07) is 22.8. The zero-order valence-corrected chi connectivity index (χ0v) is 26.2. The van der Waals surface area contributed by atoms with Crippen molar-refractivity contribution in [1.29, 1.82) is 0 Å². The van der Waals surface area contributed by atoms with Crippen LogP contribution in [0.4, 0.5) is 10.5 Å². The smallest absolute Gasteiger partial charge is 0.408 e. The average molecular weight is 572 g/mol. The van der Waals surface area contributed by atoms with Gasteiger partial charge in [-0.25, -0.2) is 4.79 Å². The molecule has 0 spiro atoms. The minimum atomic E-state index is -0.979. The number of amides is 3. The molecule has 0 heterocycles. The maximum atomic E-state index is 14.7. The Labute approximate surface area is 250 Å². The summed E-state index contributed by atoms with van der Waals surface area (Å²) in [5, 5.41) is 5.90. The van der Waals surface area contributed by atoms with E-state index in [1.807, 2.05) is 113 Å². The molecule has 0 fully saturated rings. The molecular formula is C35H45N3O4. The van der Waals surface area contributed by atoms with Crippen LogP contribution in [-0.4, -0.2) is 40.0 Å². The summed E-state index contributed by atoms with van der Waals surface area (Å²) in [7, 11) is 0. The van der Waals surface area contributed by atoms with E-state index in [1.165, 1.54) is 0 Å². The van der Waals surface area contributed by atoms with Crippen LogP contribution in [-0.2, 0) is 20.7 Å². The minimum Gasteiger partial charge on any atom is -0.444 e. The summed E-state index contributed by atoms with van der Waals surface area (Å²) in [6.07, 6.45) is 0.112. The van der Waals surface area contributed by atoms with Gasteiger partial charge in [-0.2, -0.15) is 0 Å². The van der Waals surface area contributed by atoms with Gasteiger partial charge < -0.3 is 20.3 Å². The molecule has 0 aliphatic carbocycles. The number of ether oxygens (including phenoxy) is 1. The molecular weight excluding hydrogens is 526 g/mol. The molecule has 3 amide bonds. The van der Waals surface area contributed by atoms with Crippen molar-refractivity contribution in [3.63, 3.8) is 0 Å². The summed E-state index contributed by atoms with van der Waals surface area (Å²) in [5.74, 6) is -0.708. The number of carbonyl (C=O) groups is 3. The number of alkyl carbamates (subject to hydrolysis) is 1. The van der Waals surface area contributed by atoms with Gasteiger partial charge in [0.25, 0.3) is 5.91 Å². The van der Waals surface area contributed by atoms with Crippen LogP contribution in [0.5, 0.6) is 0 Å². The van der Waals surface area contributed by atoms with E-state index in [1.54, 1.807) is 25.7 Å². The van der Waals surface area contributed by atoms with Crippen LogP contribution < -0.4 is 10.6 Å². The standard InChI is InChI=1S/C35H45N3O4/c1-9-35(7,8)38(32(40)29(23-26-16-11-10-12-17-26)37-33(41)42-34(4,5)6)30(27-21-19-24(2)20-22-27)31(39)36-28-18-14-13-15-25(28)3/h10-22,29-30H,9,23H2,1-8H3,(H,36,39)(H,37,41). The highest BCUT2D eigenvalue weighted by atomic mass is 16.6. The lowest BCUT2D eigenvalue weighted by atomic mass is 9.91. The Hall–Kier alpha value is -4.13. The number of nitrogens with one attached hydrogen (secondary N) is 2. The minimum absolute atomic E-state index is 0.231. The van der Waals surface area contributed by atoms with Crippen molar-refractivity contribution in [3.8, 4) is 0 Å². The number of nitrogens with zero attached hydrogens (tertiary/aromatic N) is 1. The second kappa shape index (κ2) is 13.7. The quantitative estimate of drug-likeness (QED) is 0.271. The monoisotopic (exact) mass is 571 g/mol. The fourth-order valence-corrected chi connectivity index (χ4v) is 4.69. The van der Waals surface area contributed by atoms with Gasteiger partial charge in [-0.15, -0.1) is 0 Å². The van der Waals surface area contributed by atoms with E-state index < -0.39 is 29.3 Å². The predicted octanol–water partition coefficient (Wildman–Crippen LogP) is 7.14.